The summed E-state index contributed by atoms with van der Waals surface area (Å²) in [4.78, 5) is 2.28. The summed E-state index contributed by atoms with van der Waals surface area (Å²) in [7, 11) is 0. The highest BCUT2D eigenvalue weighted by Crippen LogP contribution is 2.49. The number of likely N-dealkylation sites (N-methyl/N-ethyl adjacent to an activating group) is 1. The lowest BCUT2D eigenvalue weighted by atomic mass is 9.91. The first kappa shape index (κ1) is 16.2. The quantitative estimate of drug-likeness (QED) is 0.855. The van der Waals surface area contributed by atoms with Crippen LogP contribution in [0.3, 0.4) is 0 Å². The number of nitrogens with zero attached hydrogens (tertiary/aromatic N) is 2. The lowest BCUT2D eigenvalue weighted by Gasteiger charge is -2.28. The SMILES string of the molecule is CCN1c2cc(OC(C)C)ccc2C(C#N)C1c1ccc(N)cc1. The van der Waals surface area contributed by atoms with E-state index in [1.165, 1.54) is 0 Å². The molecule has 1 aliphatic rings. The number of rotatable bonds is 4. The van der Waals surface area contributed by atoms with Gasteiger partial charge in [-0.15, -0.1) is 0 Å². The number of hydrogen-bond acceptors (Lipinski definition) is 4. The smallest absolute Gasteiger partial charge is 0.121 e. The Bertz CT molecular complexity index is 761. The maximum Gasteiger partial charge on any atom is 0.121 e. The minimum Gasteiger partial charge on any atom is -0.491 e. The highest BCUT2D eigenvalue weighted by Gasteiger charge is 2.39. The molecular weight excluding hydrogens is 298 g/mol. The van der Waals surface area contributed by atoms with Crippen LogP contribution in [0.1, 0.15) is 43.9 Å². The van der Waals surface area contributed by atoms with E-state index < -0.39 is 0 Å². The minimum atomic E-state index is -0.198. The van der Waals surface area contributed by atoms with Crippen LogP contribution in [0.4, 0.5) is 11.4 Å². The summed E-state index contributed by atoms with van der Waals surface area (Å²) in [6.45, 7) is 6.97. The summed E-state index contributed by atoms with van der Waals surface area (Å²) in [5, 5.41) is 9.79. The van der Waals surface area contributed by atoms with E-state index >= 15 is 0 Å². The van der Waals surface area contributed by atoms with Crippen molar-refractivity contribution in [2.24, 2.45) is 0 Å². The molecule has 2 aromatic rings. The zero-order chi connectivity index (χ0) is 17.3. The highest BCUT2D eigenvalue weighted by molar-refractivity contribution is 5.67. The average Bonchev–Trinajstić information content (AvgIpc) is 2.87. The van der Waals surface area contributed by atoms with E-state index in [4.69, 9.17) is 10.5 Å². The van der Waals surface area contributed by atoms with Crippen LogP contribution in [-0.2, 0) is 0 Å². The zero-order valence-electron chi connectivity index (χ0n) is 14.4. The van der Waals surface area contributed by atoms with Gasteiger partial charge in [-0.05, 0) is 50.1 Å². The van der Waals surface area contributed by atoms with Crippen LogP contribution in [0, 0.1) is 11.3 Å². The molecule has 24 heavy (non-hydrogen) atoms. The third-order valence-corrected chi connectivity index (χ3v) is 4.43. The minimum absolute atomic E-state index is 0.00454. The summed E-state index contributed by atoms with van der Waals surface area (Å²) in [6.07, 6.45) is 0.124. The van der Waals surface area contributed by atoms with Crippen LogP contribution in [0.15, 0.2) is 42.5 Å². The molecule has 4 heteroatoms. The second kappa shape index (κ2) is 6.45. The fourth-order valence-corrected chi connectivity index (χ4v) is 3.45. The van der Waals surface area contributed by atoms with E-state index in [0.29, 0.717) is 0 Å². The third kappa shape index (κ3) is 2.78. The fourth-order valence-electron chi connectivity index (χ4n) is 3.45. The summed E-state index contributed by atoms with van der Waals surface area (Å²) in [5.74, 6) is 0.647. The Hall–Kier alpha value is -2.67. The molecule has 0 radical (unpaired) electrons. The van der Waals surface area contributed by atoms with Crippen LogP contribution in [-0.4, -0.2) is 12.6 Å². The summed E-state index contributed by atoms with van der Waals surface area (Å²) in [6, 6.07) is 16.4. The number of nitriles is 1. The van der Waals surface area contributed by atoms with Crippen molar-refractivity contribution >= 4 is 11.4 Å². The molecule has 0 fully saturated rings. The van der Waals surface area contributed by atoms with Crippen molar-refractivity contribution in [3.05, 3.63) is 53.6 Å². The maximum atomic E-state index is 9.79. The van der Waals surface area contributed by atoms with E-state index in [0.717, 1.165) is 34.8 Å². The zero-order valence-corrected chi connectivity index (χ0v) is 14.4. The van der Waals surface area contributed by atoms with E-state index in [-0.39, 0.29) is 18.1 Å². The summed E-state index contributed by atoms with van der Waals surface area (Å²) in [5.41, 5.74) is 9.81. The second-order valence-electron chi connectivity index (χ2n) is 6.39. The number of nitrogens with two attached hydrogens (primary N) is 1. The normalized spacial score (nSPS) is 19.2. The highest BCUT2D eigenvalue weighted by atomic mass is 16.5. The molecule has 2 unspecified atom stereocenters. The van der Waals surface area contributed by atoms with Gasteiger partial charge in [0, 0.05) is 24.0 Å². The lowest BCUT2D eigenvalue weighted by molar-refractivity contribution is 0.242. The van der Waals surface area contributed by atoms with Crippen molar-refractivity contribution in [1.29, 1.82) is 5.26 Å². The number of fused-ring (bicyclic) bond motifs is 1. The second-order valence-corrected chi connectivity index (χ2v) is 6.39. The first-order chi connectivity index (χ1) is 11.5. The van der Waals surface area contributed by atoms with Crippen molar-refractivity contribution in [2.45, 2.75) is 38.8 Å². The van der Waals surface area contributed by atoms with Gasteiger partial charge < -0.3 is 15.4 Å². The van der Waals surface area contributed by atoms with Gasteiger partial charge in [-0.3, -0.25) is 0 Å². The Morgan fingerprint density at radius 3 is 2.50 bits per heavy atom. The number of benzene rings is 2. The monoisotopic (exact) mass is 321 g/mol. The summed E-state index contributed by atoms with van der Waals surface area (Å²) < 4.78 is 5.83. The van der Waals surface area contributed by atoms with Gasteiger partial charge in [0.05, 0.1) is 24.1 Å². The van der Waals surface area contributed by atoms with Crippen molar-refractivity contribution in [3.8, 4) is 11.8 Å². The van der Waals surface area contributed by atoms with Gasteiger partial charge in [-0.1, -0.05) is 18.2 Å². The average molecular weight is 321 g/mol. The Balaban J connectivity index is 2.05. The van der Waals surface area contributed by atoms with E-state index in [1.54, 1.807) is 0 Å². The van der Waals surface area contributed by atoms with Gasteiger partial charge in [0.2, 0.25) is 0 Å². The first-order valence-corrected chi connectivity index (χ1v) is 8.37. The lowest BCUT2D eigenvalue weighted by Crippen LogP contribution is -2.26. The number of ether oxygens (including phenoxy) is 1. The van der Waals surface area contributed by atoms with Crippen LogP contribution in [0.2, 0.25) is 0 Å². The van der Waals surface area contributed by atoms with Crippen molar-refractivity contribution < 1.29 is 4.74 Å². The van der Waals surface area contributed by atoms with Crippen molar-refractivity contribution in [3.63, 3.8) is 0 Å². The maximum absolute atomic E-state index is 9.79. The molecule has 1 aliphatic heterocycles. The predicted octanol–water partition coefficient (Wildman–Crippen LogP) is 4.24. The predicted molar refractivity (Wildman–Crippen MR) is 97.2 cm³/mol. The molecule has 2 N–H and O–H groups in total. The molecular formula is C20H23N3O. The van der Waals surface area contributed by atoms with Crippen molar-refractivity contribution in [2.75, 3.05) is 17.2 Å². The van der Waals surface area contributed by atoms with E-state index in [9.17, 15) is 5.26 Å². The Labute approximate surface area is 143 Å². The number of nitrogen functional groups attached to an aromatic ring is 1. The molecule has 0 saturated carbocycles. The Morgan fingerprint density at radius 1 is 1.21 bits per heavy atom. The Kier molecular flexibility index (Phi) is 4.35. The molecule has 0 amide bonds. The molecule has 2 aromatic carbocycles. The number of hydrogen-bond donors (Lipinski definition) is 1. The van der Waals surface area contributed by atoms with Crippen molar-refractivity contribution in [1.82, 2.24) is 0 Å². The van der Waals surface area contributed by atoms with Gasteiger partial charge in [-0.25, -0.2) is 0 Å². The van der Waals surface area contributed by atoms with Crippen LogP contribution < -0.4 is 15.4 Å². The molecule has 1 heterocycles. The third-order valence-electron chi connectivity index (χ3n) is 4.43. The van der Waals surface area contributed by atoms with Gasteiger partial charge >= 0.3 is 0 Å². The molecule has 4 nitrogen and oxygen atoms in total. The summed E-state index contributed by atoms with van der Waals surface area (Å²) >= 11 is 0. The molecule has 0 spiro atoms. The molecule has 0 aromatic heterocycles. The van der Waals surface area contributed by atoms with Gasteiger partial charge in [0.1, 0.15) is 5.75 Å². The topological polar surface area (TPSA) is 62.3 Å². The van der Waals surface area contributed by atoms with Gasteiger partial charge in [0.25, 0.3) is 0 Å². The van der Waals surface area contributed by atoms with Crippen LogP contribution in [0.25, 0.3) is 0 Å². The first-order valence-electron chi connectivity index (χ1n) is 8.37. The molecule has 124 valence electrons. The van der Waals surface area contributed by atoms with Gasteiger partial charge in [0.15, 0.2) is 0 Å². The standard InChI is InChI=1S/C20H23N3O/c1-4-23-19-11-16(24-13(2)3)9-10-17(19)18(12-21)20(23)14-5-7-15(22)8-6-14/h5-11,13,18,20H,4,22H2,1-3H3. The van der Waals surface area contributed by atoms with E-state index in [1.807, 2.05) is 50.2 Å². The molecule has 3 rings (SSSR count). The molecule has 0 aliphatic carbocycles. The molecule has 0 bridgehead atoms. The van der Waals surface area contributed by atoms with E-state index in [2.05, 4.69) is 24.0 Å². The van der Waals surface area contributed by atoms with Crippen LogP contribution in [0.5, 0.6) is 5.75 Å². The molecule has 2 atom stereocenters. The Morgan fingerprint density at radius 2 is 1.92 bits per heavy atom. The van der Waals surface area contributed by atoms with Crippen LogP contribution >= 0.6 is 0 Å². The fraction of sp³-hybridized carbons (Fsp3) is 0.350. The van der Waals surface area contributed by atoms with Gasteiger partial charge in [-0.2, -0.15) is 5.26 Å². The number of anilines is 2. The molecule has 0 saturated heterocycles. The largest absolute Gasteiger partial charge is 0.491 e.